The summed E-state index contributed by atoms with van der Waals surface area (Å²) in [5.74, 6) is 0.534. The smallest absolute Gasteiger partial charge is 0.302 e. The van der Waals surface area contributed by atoms with Crippen molar-refractivity contribution in [2.45, 2.75) is 6.92 Å². The topological polar surface area (TPSA) is 104 Å². The van der Waals surface area contributed by atoms with Gasteiger partial charge in [0, 0.05) is 10.6 Å². The lowest BCUT2D eigenvalue weighted by Crippen LogP contribution is -2.87. The highest BCUT2D eigenvalue weighted by atomic mass is 35.5. The molecule has 10 heteroatoms. The summed E-state index contributed by atoms with van der Waals surface area (Å²) in [4.78, 5) is 12.7. The van der Waals surface area contributed by atoms with E-state index in [1.54, 1.807) is 49.4 Å². The first-order valence-electron chi connectivity index (χ1n) is 8.33. The lowest BCUT2D eigenvalue weighted by molar-refractivity contribution is -0.510. The number of hydrazine groups is 1. The summed E-state index contributed by atoms with van der Waals surface area (Å²) >= 11 is 18.3. The molecule has 0 fully saturated rings. The van der Waals surface area contributed by atoms with E-state index in [9.17, 15) is 4.79 Å². The molecule has 0 saturated heterocycles. The number of amides is 1. The van der Waals surface area contributed by atoms with E-state index in [4.69, 9.17) is 49.8 Å². The molecule has 3 rings (SSSR count). The number of carbonyl (C=O) groups excluding carboxylic acids is 1. The molecule has 150 valence electrons. The third kappa shape index (κ3) is 5.00. The van der Waals surface area contributed by atoms with Crippen LogP contribution >= 0.6 is 34.8 Å². The standard InChI is InChI=1S/C19H15Cl3N4O3/c1-10-16(18(26-29-10)17-13(21)3-2-4-14(17)22)19(27)25-24-15(23)9-28-12-7-5-11(20)6-8-12/h2-8H,9H2,1H3,(H2,23,24)(H,25,27)/p+1. The van der Waals surface area contributed by atoms with Crippen molar-refractivity contribution < 1.29 is 19.2 Å². The Morgan fingerprint density at radius 1 is 1.17 bits per heavy atom. The van der Waals surface area contributed by atoms with E-state index in [-0.39, 0.29) is 23.7 Å². The summed E-state index contributed by atoms with van der Waals surface area (Å²) in [6.07, 6.45) is 0. The Bertz CT molecular complexity index is 1040. The van der Waals surface area contributed by atoms with Gasteiger partial charge in [-0.05, 0) is 43.3 Å². The molecule has 0 aliphatic heterocycles. The number of nitrogens with one attached hydrogen (secondary N) is 2. The fourth-order valence-corrected chi connectivity index (χ4v) is 3.16. The minimum absolute atomic E-state index is 0.0216. The number of benzene rings is 2. The number of ether oxygens (including phenoxy) is 1. The van der Waals surface area contributed by atoms with E-state index >= 15 is 0 Å². The van der Waals surface area contributed by atoms with Crippen LogP contribution in [0.5, 0.6) is 5.75 Å². The summed E-state index contributed by atoms with van der Waals surface area (Å²) in [5.41, 5.74) is 9.14. The van der Waals surface area contributed by atoms with Crippen molar-refractivity contribution >= 4 is 46.5 Å². The number of carbonyl (C=O) groups is 1. The van der Waals surface area contributed by atoms with Gasteiger partial charge >= 0.3 is 5.84 Å². The van der Waals surface area contributed by atoms with Gasteiger partial charge in [0.25, 0.3) is 5.91 Å². The SMILES string of the molecule is Cc1onc(-c2c(Cl)cccc2Cl)c1C(=O)N[NH+]=C(N)COc1ccc(Cl)cc1. The molecule has 4 N–H and O–H groups in total. The zero-order valence-electron chi connectivity index (χ0n) is 15.1. The molecule has 0 saturated carbocycles. The van der Waals surface area contributed by atoms with E-state index in [1.165, 1.54) is 0 Å². The summed E-state index contributed by atoms with van der Waals surface area (Å²) in [6, 6.07) is 11.8. The third-order valence-corrected chi connectivity index (χ3v) is 4.72. The second kappa shape index (κ2) is 9.17. The summed E-state index contributed by atoms with van der Waals surface area (Å²) < 4.78 is 10.7. The van der Waals surface area contributed by atoms with Crippen molar-refractivity contribution in [1.29, 1.82) is 0 Å². The number of aromatic nitrogens is 1. The van der Waals surface area contributed by atoms with Crippen LogP contribution in [0.1, 0.15) is 16.1 Å². The van der Waals surface area contributed by atoms with Crippen LogP contribution in [0.4, 0.5) is 0 Å². The maximum atomic E-state index is 12.7. The zero-order chi connectivity index (χ0) is 21.0. The molecular formula is C19H16Cl3N4O3+. The van der Waals surface area contributed by atoms with Gasteiger partial charge in [-0.25, -0.2) is 0 Å². The van der Waals surface area contributed by atoms with Crippen LogP contribution in [0.3, 0.4) is 0 Å². The monoisotopic (exact) mass is 453 g/mol. The van der Waals surface area contributed by atoms with Crippen molar-refractivity contribution in [3.05, 3.63) is 68.9 Å². The van der Waals surface area contributed by atoms with Gasteiger partial charge in [-0.2, -0.15) is 10.5 Å². The molecule has 0 aliphatic rings. The van der Waals surface area contributed by atoms with Crippen LogP contribution in [0, 0.1) is 6.92 Å². The molecule has 29 heavy (non-hydrogen) atoms. The molecule has 1 aromatic heterocycles. The van der Waals surface area contributed by atoms with Crippen molar-refractivity contribution in [3.8, 4) is 17.0 Å². The van der Waals surface area contributed by atoms with Gasteiger partial charge in [-0.15, -0.1) is 0 Å². The van der Waals surface area contributed by atoms with Gasteiger partial charge in [0.2, 0.25) is 0 Å². The van der Waals surface area contributed by atoms with Crippen molar-refractivity contribution in [1.82, 2.24) is 10.6 Å². The molecule has 0 unspecified atom stereocenters. The number of hydrogen-bond acceptors (Lipinski definition) is 4. The van der Waals surface area contributed by atoms with Gasteiger partial charge < -0.3 is 9.26 Å². The average molecular weight is 455 g/mol. The van der Waals surface area contributed by atoms with E-state index in [2.05, 4.69) is 15.7 Å². The van der Waals surface area contributed by atoms with Gasteiger partial charge in [0.15, 0.2) is 6.61 Å². The Balaban J connectivity index is 1.73. The van der Waals surface area contributed by atoms with Crippen molar-refractivity contribution in [2.24, 2.45) is 5.73 Å². The van der Waals surface area contributed by atoms with Crippen LogP contribution in [0.2, 0.25) is 15.1 Å². The lowest BCUT2D eigenvalue weighted by Gasteiger charge is -2.06. The summed E-state index contributed by atoms with van der Waals surface area (Å²) in [5, 5.41) is 7.81. The number of halogens is 3. The second-order valence-electron chi connectivity index (χ2n) is 5.91. The van der Waals surface area contributed by atoms with Crippen LogP contribution in [-0.4, -0.2) is 23.5 Å². The molecule has 0 radical (unpaired) electrons. The number of rotatable bonds is 6. The van der Waals surface area contributed by atoms with E-state index < -0.39 is 5.91 Å². The Morgan fingerprint density at radius 3 is 2.48 bits per heavy atom. The summed E-state index contributed by atoms with van der Waals surface area (Å²) in [7, 11) is 0. The first kappa shape index (κ1) is 21.0. The number of hydrazone groups is 1. The molecule has 1 amide bonds. The predicted molar refractivity (Wildman–Crippen MR) is 111 cm³/mol. The lowest BCUT2D eigenvalue weighted by atomic mass is 10.1. The second-order valence-corrected chi connectivity index (χ2v) is 7.16. The number of nitrogens with two attached hydrogens (primary N) is 1. The summed E-state index contributed by atoms with van der Waals surface area (Å²) in [6.45, 7) is 1.63. The number of aryl methyl sites for hydroxylation is 1. The average Bonchev–Trinajstić information content (AvgIpc) is 3.06. The molecule has 2 aromatic carbocycles. The highest BCUT2D eigenvalue weighted by Gasteiger charge is 2.25. The molecule has 0 bridgehead atoms. The quantitative estimate of drug-likeness (QED) is 0.302. The Morgan fingerprint density at radius 2 is 1.83 bits per heavy atom. The molecule has 7 nitrogen and oxygen atoms in total. The van der Waals surface area contributed by atoms with Gasteiger partial charge in [-0.3, -0.25) is 10.5 Å². The van der Waals surface area contributed by atoms with Crippen molar-refractivity contribution in [3.63, 3.8) is 0 Å². The van der Waals surface area contributed by atoms with Crippen LogP contribution in [0.15, 0.2) is 47.0 Å². The predicted octanol–water partition coefficient (Wildman–Crippen LogP) is 2.77. The Kier molecular flexibility index (Phi) is 6.64. The fraction of sp³-hybridized carbons (Fsp3) is 0.105. The van der Waals surface area contributed by atoms with Crippen LogP contribution < -0.4 is 21.0 Å². The fourth-order valence-electron chi connectivity index (χ4n) is 2.46. The Hall–Kier alpha value is -2.74. The van der Waals surface area contributed by atoms with E-state index in [1.807, 2.05) is 0 Å². The number of nitrogens with zero attached hydrogens (tertiary/aromatic N) is 1. The minimum Gasteiger partial charge on any atom is -0.481 e. The largest absolute Gasteiger partial charge is 0.481 e. The van der Waals surface area contributed by atoms with Gasteiger partial charge in [0.05, 0.1) is 10.0 Å². The molecule has 0 aliphatic carbocycles. The molecule has 3 aromatic rings. The first-order chi connectivity index (χ1) is 13.9. The maximum absolute atomic E-state index is 12.7. The minimum atomic E-state index is -0.524. The van der Waals surface area contributed by atoms with E-state index in [0.29, 0.717) is 32.1 Å². The highest BCUT2D eigenvalue weighted by molar-refractivity contribution is 6.39. The highest BCUT2D eigenvalue weighted by Crippen LogP contribution is 2.36. The van der Waals surface area contributed by atoms with Gasteiger partial charge in [0.1, 0.15) is 22.8 Å². The molecule has 0 spiro atoms. The van der Waals surface area contributed by atoms with Crippen molar-refractivity contribution in [2.75, 3.05) is 6.61 Å². The Labute approximate surface area is 181 Å². The third-order valence-electron chi connectivity index (χ3n) is 3.83. The maximum Gasteiger partial charge on any atom is 0.302 e. The molecular weight excluding hydrogens is 439 g/mol. The van der Waals surface area contributed by atoms with Gasteiger partial charge in [-0.1, -0.05) is 46.0 Å². The molecule has 0 atom stereocenters. The zero-order valence-corrected chi connectivity index (χ0v) is 17.4. The van der Waals surface area contributed by atoms with Crippen LogP contribution in [0.25, 0.3) is 11.3 Å². The van der Waals surface area contributed by atoms with E-state index in [0.717, 1.165) is 0 Å². The normalized spacial score (nSPS) is 11.4. The number of hydrogen-bond donors (Lipinski definition) is 3. The van der Waals surface area contributed by atoms with Crippen LogP contribution in [-0.2, 0) is 0 Å². The first-order valence-corrected chi connectivity index (χ1v) is 9.47. The number of amidine groups is 1. The molecule has 1 heterocycles.